The Morgan fingerprint density at radius 2 is 1.33 bits per heavy atom. The van der Waals surface area contributed by atoms with Crippen LogP contribution < -0.4 is 0 Å². The van der Waals surface area contributed by atoms with E-state index in [-0.39, 0.29) is 0 Å². The lowest BCUT2D eigenvalue weighted by molar-refractivity contribution is 0.480. The van der Waals surface area contributed by atoms with Crippen molar-refractivity contribution in [3.63, 3.8) is 0 Å². The van der Waals surface area contributed by atoms with Gasteiger partial charge in [-0.25, -0.2) is 0 Å². The van der Waals surface area contributed by atoms with Crippen LogP contribution >= 0.6 is 0 Å². The minimum atomic E-state index is -1.61. The Balaban J connectivity index is 5.40. The lowest BCUT2D eigenvalue weighted by Crippen LogP contribution is -2.67. The Bertz CT molecular complexity index is 238. The zero-order valence-corrected chi connectivity index (χ0v) is 12.7. The van der Waals surface area contributed by atoms with Crippen LogP contribution in [0.5, 0.6) is 0 Å². The van der Waals surface area contributed by atoms with E-state index in [1.807, 2.05) is 0 Å². The molecule has 0 aliphatic carbocycles. The standard InChI is InChI=1S/C12H25NSi2/c1-8-13(9-2)15(7,12-5)14(6,10-3)11-4/h10-12H,3-5,8-9H2,1-2,6-7H3. The first-order chi connectivity index (χ1) is 6.95. The summed E-state index contributed by atoms with van der Waals surface area (Å²) in [5, 5.41) is 0. The molecule has 0 aliphatic heterocycles. The predicted molar refractivity (Wildman–Crippen MR) is 76.7 cm³/mol. The summed E-state index contributed by atoms with van der Waals surface area (Å²) in [6.45, 7) is 23.5. The first-order valence-electron chi connectivity index (χ1n) is 5.61. The Morgan fingerprint density at radius 1 is 0.933 bits per heavy atom. The van der Waals surface area contributed by atoms with Crippen molar-refractivity contribution in [2.45, 2.75) is 26.9 Å². The highest BCUT2D eigenvalue weighted by Gasteiger charge is 2.45. The average molecular weight is 240 g/mol. The van der Waals surface area contributed by atoms with Crippen LogP contribution in [0.2, 0.25) is 13.1 Å². The van der Waals surface area contributed by atoms with E-state index in [9.17, 15) is 0 Å². The molecule has 0 bridgehead atoms. The van der Waals surface area contributed by atoms with Gasteiger partial charge in [-0.3, -0.25) is 0 Å². The molecule has 0 aromatic rings. The highest BCUT2D eigenvalue weighted by molar-refractivity contribution is 7.46. The zero-order valence-electron chi connectivity index (χ0n) is 10.7. The van der Waals surface area contributed by atoms with Crippen molar-refractivity contribution in [3.8, 4) is 0 Å². The van der Waals surface area contributed by atoms with Gasteiger partial charge in [-0.15, -0.1) is 19.7 Å². The summed E-state index contributed by atoms with van der Waals surface area (Å²) in [5.41, 5.74) is 6.52. The largest absolute Gasteiger partial charge is 0.322 e. The van der Waals surface area contributed by atoms with Gasteiger partial charge in [0.15, 0.2) is 0 Å². The topological polar surface area (TPSA) is 3.24 Å². The molecule has 0 heterocycles. The van der Waals surface area contributed by atoms with Crippen LogP contribution in [-0.2, 0) is 0 Å². The fourth-order valence-corrected chi connectivity index (χ4v) is 12.5. The Morgan fingerprint density at radius 3 is 1.53 bits per heavy atom. The molecule has 1 unspecified atom stereocenters. The smallest absolute Gasteiger partial charge is 0.147 e. The summed E-state index contributed by atoms with van der Waals surface area (Å²) in [7, 11) is -3.19. The molecule has 3 heteroatoms. The Kier molecular flexibility index (Phi) is 5.49. The van der Waals surface area contributed by atoms with Crippen molar-refractivity contribution in [1.29, 1.82) is 0 Å². The van der Waals surface area contributed by atoms with Crippen LogP contribution in [0.25, 0.3) is 0 Å². The SMILES string of the molecule is C=C[Si](C)(C=C)[Si](C)(C=C)N(CC)CC. The molecule has 15 heavy (non-hydrogen) atoms. The van der Waals surface area contributed by atoms with Gasteiger partial charge in [-0.1, -0.05) is 44.0 Å². The minimum Gasteiger partial charge on any atom is -0.322 e. The van der Waals surface area contributed by atoms with Gasteiger partial charge in [0.2, 0.25) is 0 Å². The van der Waals surface area contributed by atoms with Gasteiger partial charge >= 0.3 is 0 Å². The molecule has 0 amide bonds. The number of nitrogens with zero attached hydrogens (tertiary/aromatic N) is 1. The molecule has 0 saturated heterocycles. The molecule has 1 nitrogen and oxygen atoms in total. The molecular formula is C12H25NSi2. The number of hydrogen-bond donors (Lipinski definition) is 0. The Labute approximate surface area is 97.1 Å². The summed E-state index contributed by atoms with van der Waals surface area (Å²) in [6.07, 6.45) is 0. The molecule has 86 valence electrons. The molecule has 1 atom stereocenters. The second-order valence-electron chi connectivity index (χ2n) is 4.21. The lowest BCUT2D eigenvalue weighted by Gasteiger charge is -2.45. The van der Waals surface area contributed by atoms with E-state index in [2.05, 4.69) is 68.3 Å². The second kappa shape index (κ2) is 5.63. The molecule has 0 rings (SSSR count). The van der Waals surface area contributed by atoms with E-state index >= 15 is 0 Å². The van der Waals surface area contributed by atoms with E-state index in [1.165, 1.54) is 0 Å². The maximum atomic E-state index is 4.07. The maximum Gasteiger partial charge on any atom is 0.147 e. The van der Waals surface area contributed by atoms with Gasteiger partial charge in [0, 0.05) is 0 Å². The van der Waals surface area contributed by atoms with Crippen molar-refractivity contribution < 1.29 is 0 Å². The third kappa shape index (κ3) is 2.41. The maximum absolute atomic E-state index is 4.07. The summed E-state index contributed by atoms with van der Waals surface area (Å²) >= 11 is 0. The van der Waals surface area contributed by atoms with Gasteiger partial charge in [0.05, 0.1) is 0 Å². The van der Waals surface area contributed by atoms with Crippen LogP contribution in [0.15, 0.2) is 36.8 Å². The molecular weight excluding hydrogens is 214 g/mol. The van der Waals surface area contributed by atoms with Crippen LogP contribution in [0, 0.1) is 0 Å². The molecule has 0 fully saturated rings. The number of rotatable bonds is 7. The zero-order chi connectivity index (χ0) is 12.1. The molecule has 0 radical (unpaired) electrons. The van der Waals surface area contributed by atoms with Gasteiger partial charge in [-0.05, 0) is 13.1 Å². The highest BCUT2D eigenvalue weighted by Crippen LogP contribution is 2.25. The van der Waals surface area contributed by atoms with Crippen LogP contribution in [0.4, 0.5) is 0 Å². The fourth-order valence-electron chi connectivity index (χ4n) is 2.07. The molecule has 0 N–H and O–H groups in total. The fraction of sp³-hybridized carbons (Fsp3) is 0.500. The summed E-state index contributed by atoms with van der Waals surface area (Å²) in [4.78, 5) is 0. The third-order valence-corrected chi connectivity index (χ3v) is 19.7. The summed E-state index contributed by atoms with van der Waals surface area (Å²) in [5.74, 6) is 0. The van der Waals surface area contributed by atoms with Gasteiger partial charge < -0.3 is 4.57 Å². The van der Waals surface area contributed by atoms with Crippen LogP contribution in [0.3, 0.4) is 0 Å². The van der Waals surface area contributed by atoms with E-state index in [0.717, 1.165) is 13.1 Å². The molecule has 0 aliphatic rings. The quantitative estimate of drug-likeness (QED) is 0.617. The predicted octanol–water partition coefficient (Wildman–Crippen LogP) is 3.24. The summed E-state index contributed by atoms with van der Waals surface area (Å²) < 4.78 is 2.58. The first-order valence-corrected chi connectivity index (χ1v) is 11.8. The third-order valence-electron chi connectivity index (χ3n) is 3.76. The van der Waals surface area contributed by atoms with Gasteiger partial charge in [-0.2, -0.15) is 0 Å². The van der Waals surface area contributed by atoms with Gasteiger partial charge in [0.25, 0.3) is 0 Å². The van der Waals surface area contributed by atoms with Crippen LogP contribution in [0.1, 0.15) is 13.8 Å². The normalized spacial score (nSPS) is 15.8. The Hall–Kier alpha value is -0.386. The van der Waals surface area contributed by atoms with E-state index < -0.39 is 15.3 Å². The number of hydrogen-bond acceptors (Lipinski definition) is 1. The van der Waals surface area contributed by atoms with Gasteiger partial charge in [0.1, 0.15) is 15.3 Å². The second-order valence-corrected chi connectivity index (χ2v) is 17.2. The lowest BCUT2D eigenvalue weighted by atomic mass is 10.7. The average Bonchev–Trinajstić information content (AvgIpc) is 2.28. The molecule has 0 spiro atoms. The van der Waals surface area contributed by atoms with Crippen LogP contribution in [-0.4, -0.2) is 33.0 Å². The van der Waals surface area contributed by atoms with Crippen molar-refractivity contribution in [2.24, 2.45) is 0 Å². The van der Waals surface area contributed by atoms with Crippen molar-refractivity contribution in [3.05, 3.63) is 36.8 Å². The van der Waals surface area contributed by atoms with E-state index in [4.69, 9.17) is 0 Å². The van der Waals surface area contributed by atoms with Crippen molar-refractivity contribution >= 4 is 15.3 Å². The van der Waals surface area contributed by atoms with Crippen molar-refractivity contribution in [1.82, 2.24) is 4.57 Å². The highest BCUT2D eigenvalue weighted by atomic mass is 29.3. The molecule has 0 saturated carbocycles. The van der Waals surface area contributed by atoms with E-state index in [1.54, 1.807) is 0 Å². The first kappa shape index (κ1) is 14.6. The summed E-state index contributed by atoms with van der Waals surface area (Å²) in [6, 6.07) is 0. The van der Waals surface area contributed by atoms with Crippen molar-refractivity contribution in [2.75, 3.05) is 13.1 Å². The van der Waals surface area contributed by atoms with E-state index in [0.29, 0.717) is 0 Å². The molecule has 0 aromatic carbocycles. The minimum absolute atomic E-state index is 1.09. The monoisotopic (exact) mass is 239 g/mol. The molecule has 0 aromatic heterocycles.